The fourth-order valence-electron chi connectivity index (χ4n) is 2.07. The summed E-state index contributed by atoms with van der Waals surface area (Å²) in [6, 6.07) is 0. The first kappa shape index (κ1) is 19.9. The standard InChI is InChI=1S/C16H31N5OS/c1-13-14(2)23-15(20-13)7-9-19-16(17-3)18-8-6-10-21(4)11-12-22-5/h6-12H2,1-5H3,(H2,17,18,19). The molecule has 132 valence electrons. The largest absolute Gasteiger partial charge is 0.383 e. The minimum absolute atomic E-state index is 0.781. The molecule has 0 aliphatic carbocycles. The average molecular weight is 342 g/mol. The molecule has 23 heavy (non-hydrogen) atoms. The predicted octanol–water partition coefficient (Wildman–Crippen LogP) is 1.44. The summed E-state index contributed by atoms with van der Waals surface area (Å²) in [4.78, 5) is 12.4. The molecule has 0 aliphatic heterocycles. The SMILES string of the molecule is CN=C(NCCCN(C)CCOC)NCCc1nc(C)c(C)s1. The maximum Gasteiger partial charge on any atom is 0.190 e. The molecule has 0 saturated carbocycles. The molecule has 0 aliphatic rings. The Morgan fingerprint density at radius 1 is 1.26 bits per heavy atom. The Morgan fingerprint density at radius 2 is 2.00 bits per heavy atom. The van der Waals surface area contributed by atoms with Gasteiger partial charge in [-0.15, -0.1) is 11.3 Å². The number of aliphatic imine (C=N–C) groups is 1. The van der Waals surface area contributed by atoms with Crippen molar-refractivity contribution in [3.63, 3.8) is 0 Å². The van der Waals surface area contributed by atoms with E-state index in [1.807, 2.05) is 0 Å². The highest BCUT2D eigenvalue weighted by atomic mass is 32.1. The van der Waals surface area contributed by atoms with E-state index in [0.29, 0.717) is 0 Å². The second-order valence-corrected chi connectivity index (χ2v) is 6.86. The van der Waals surface area contributed by atoms with E-state index in [-0.39, 0.29) is 0 Å². The molecule has 0 fully saturated rings. The van der Waals surface area contributed by atoms with Crippen molar-refractivity contribution in [3.05, 3.63) is 15.6 Å². The second-order valence-electron chi connectivity index (χ2n) is 5.57. The third-order valence-electron chi connectivity index (χ3n) is 3.61. The van der Waals surface area contributed by atoms with Gasteiger partial charge in [0.05, 0.1) is 17.3 Å². The molecule has 0 radical (unpaired) electrons. The number of aryl methyl sites for hydroxylation is 2. The van der Waals surface area contributed by atoms with Crippen LogP contribution in [0.15, 0.2) is 4.99 Å². The van der Waals surface area contributed by atoms with E-state index < -0.39 is 0 Å². The van der Waals surface area contributed by atoms with Gasteiger partial charge in [-0.1, -0.05) is 0 Å². The highest BCUT2D eigenvalue weighted by Crippen LogP contribution is 2.16. The van der Waals surface area contributed by atoms with E-state index in [0.717, 1.165) is 57.3 Å². The Morgan fingerprint density at radius 3 is 2.61 bits per heavy atom. The lowest BCUT2D eigenvalue weighted by Gasteiger charge is -2.16. The molecule has 0 spiro atoms. The smallest absolute Gasteiger partial charge is 0.190 e. The summed E-state index contributed by atoms with van der Waals surface area (Å²) in [5, 5.41) is 7.87. The molecular weight excluding hydrogens is 310 g/mol. The zero-order valence-corrected chi connectivity index (χ0v) is 15.9. The zero-order chi connectivity index (χ0) is 17.1. The van der Waals surface area contributed by atoms with E-state index in [1.165, 1.54) is 9.88 Å². The lowest BCUT2D eigenvalue weighted by molar-refractivity contribution is 0.161. The second kappa shape index (κ2) is 11.4. The Bertz CT molecular complexity index is 456. The van der Waals surface area contributed by atoms with Crippen LogP contribution in [0.5, 0.6) is 0 Å². The van der Waals surface area contributed by atoms with Gasteiger partial charge in [-0.3, -0.25) is 4.99 Å². The number of hydrogen-bond donors (Lipinski definition) is 2. The highest BCUT2D eigenvalue weighted by molar-refractivity contribution is 7.11. The third kappa shape index (κ3) is 8.29. The maximum absolute atomic E-state index is 5.07. The first-order valence-corrected chi connectivity index (χ1v) is 8.93. The van der Waals surface area contributed by atoms with Crippen molar-refractivity contribution in [2.75, 3.05) is 54.0 Å². The van der Waals surface area contributed by atoms with Crippen LogP contribution in [0.25, 0.3) is 0 Å². The lowest BCUT2D eigenvalue weighted by atomic mass is 10.4. The lowest BCUT2D eigenvalue weighted by Crippen LogP contribution is -2.39. The normalized spacial score (nSPS) is 12.0. The Labute approximate surface area is 144 Å². The van der Waals surface area contributed by atoms with Gasteiger partial charge in [-0.25, -0.2) is 4.98 Å². The van der Waals surface area contributed by atoms with Crippen LogP contribution >= 0.6 is 11.3 Å². The van der Waals surface area contributed by atoms with Crippen LogP contribution in [-0.4, -0.2) is 69.8 Å². The number of methoxy groups -OCH3 is 1. The first-order chi connectivity index (χ1) is 11.1. The van der Waals surface area contributed by atoms with Crippen molar-refractivity contribution in [2.24, 2.45) is 4.99 Å². The Hall–Kier alpha value is -1.18. The van der Waals surface area contributed by atoms with Gasteiger partial charge in [0.25, 0.3) is 0 Å². The summed E-state index contributed by atoms with van der Waals surface area (Å²) in [7, 11) is 5.65. The van der Waals surface area contributed by atoms with Crippen molar-refractivity contribution in [1.29, 1.82) is 0 Å². The van der Waals surface area contributed by atoms with Crippen LogP contribution in [0.3, 0.4) is 0 Å². The summed E-state index contributed by atoms with van der Waals surface area (Å²) >= 11 is 1.78. The Kier molecular flexibility index (Phi) is 9.82. The van der Waals surface area contributed by atoms with Gasteiger partial charge in [-0.05, 0) is 33.9 Å². The summed E-state index contributed by atoms with van der Waals surface area (Å²) < 4.78 is 5.07. The van der Waals surface area contributed by atoms with Crippen LogP contribution in [0.4, 0.5) is 0 Å². The van der Waals surface area contributed by atoms with Crippen LogP contribution in [0.2, 0.25) is 0 Å². The monoisotopic (exact) mass is 341 g/mol. The highest BCUT2D eigenvalue weighted by Gasteiger charge is 2.04. The minimum atomic E-state index is 0.781. The number of aromatic nitrogens is 1. The van der Waals surface area contributed by atoms with E-state index in [2.05, 4.69) is 46.4 Å². The van der Waals surface area contributed by atoms with E-state index >= 15 is 0 Å². The van der Waals surface area contributed by atoms with Crippen LogP contribution < -0.4 is 10.6 Å². The van der Waals surface area contributed by atoms with Gasteiger partial charge >= 0.3 is 0 Å². The summed E-state index contributed by atoms with van der Waals surface area (Å²) in [5.74, 6) is 0.856. The summed E-state index contributed by atoms with van der Waals surface area (Å²) in [6.45, 7) is 8.73. The fraction of sp³-hybridized carbons (Fsp3) is 0.750. The van der Waals surface area contributed by atoms with Gasteiger partial charge in [-0.2, -0.15) is 0 Å². The molecule has 1 aromatic rings. The van der Waals surface area contributed by atoms with E-state index in [9.17, 15) is 0 Å². The number of hydrogen-bond acceptors (Lipinski definition) is 5. The molecule has 0 saturated heterocycles. The van der Waals surface area contributed by atoms with Gasteiger partial charge in [0.2, 0.25) is 0 Å². The number of ether oxygens (including phenoxy) is 1. The van der Waals surface area contributed by atoms with E-state index in [4.69, 9.17) is 4.74 Å². The first-order valence-electron chi connectivity index (χ1n) is 8.11. The average Bonchev–Trinajstić information content (AvgIpc) is 2.85. The Balaban J connectivity index is 2.14. The van der Waals surface area contributed by atoms with Crippen molar-refractivity contribution < 1.29 is 4.74 Å². The molecule has 0 amide bonds. The molecule has 1 aromatic heterocycles. The predicted molar refractivity (Wildman–Crippen MR) is 98.6 cm³/mol. The van der Waals surface area contributed by atoms with Crippen LogP contribution in [-0.2, 0) is 11.2 Å². The van der Waals surface area contributed by atoms with Crippen LogP contribution in [0, 0.1) is 13.8 Å². The number of thiazole rings is 1. The molecule has 2 N–H and O–H groups in total. The third-order valence-corrected chi connectivity index (χ3v) is 4.75. The number of likely N-dealkylation sites (N-methyl/N-ethyl adjacent to an activating group) is 1. The number of guanidine groups is 1. The van der Waals surface area contributed by atoms with Crippen molar-refractivity contribution >= 4 is 17.3 Å². The molecule has 1 rings (SSSR count). The van der Waals surface area contributed by atoms with Crippen molar-refractivity contribution in [1.82, 2.24) is 20.5 Å². The van der Waals surface area contributed by atoms with Gasteiger partial charge in [0.15, 0.2) is 5.96 Å². The fourth-order valence-corrected chi connectivity index (χ4v) is 3.00. The number of rotatable bonds is 10. The van der Waals surface area contributed by atoms with Crippen molar-refractivity contribution in [3.8, 4) is 0 Å². The minimum Gasteiger partial charge on any atom is -0.383 e. The summed E-state index contributed by atoms with van der Waals surface area (Å²) in [5.41, 5.74) is 1.14. The molecule has 0 unspecified atom stereocenters. The molecule has 7 heteroatoms. The number of nitrogens with zero attached hydrogens (tertiary/aromatic N) is 3. The van der Waals surface area contributed by atoms with Gasteiger partial charge in [0, 0.05) is 45.1 Å². The van der Waals surface area contributed by atoms with Crippen molar-refractivity contribution in [2.45, 2.75) is 26.7 Å². The molecule has 6 nitrogen and oxygen atoms in total. The molecular formula is C16H31N5OS. The van der Waals surface area contributed by atoms with Gasteiger partial charge in [0.1, 0.15) is 0 Å². The quantitative estimate of drug-likeness (QED) is 0.383. The molecule has 1 heterocycles. The maximum atomic E-state index is 5.07. The van der Waals surface area contributed by atoms with Gasteiger partial charge < -0.3 is 20.3 Å². The summed E-state index contributed by atoms with van der Waals surface area (Å²) in [6.07, 6.45) is 2.01. The molecule has 0 atom stereocenters. The number of nitrogens with one attached hydrogen (secondary N) is 2. The molecule has 0 aromatic carbocycles. The van der Waals surface area contributed by atoms with E-state index in [1.54, 1.807) is 25.5 Å². The van der Waals surface area contributed by atoms with Crippen LogP contribution in [0.1, 0.15) is 22.0 Å². The zero-order valence-electron chi connectivity index (χ0n) is 15.1. The topological polar surface area (TPSA) is 61.8 Å². The molecule has 0 bridgehead atoms.